The lowest BCUT2D eigenvalue weighted by Gasteiger charge is -2.33. The fraction of sp³-hybridized carbons (Fsp3) is 0.455. The van der Waals surface area contributed by atoms with E-state index in [1.807, 2.05) is 0 Å². The van der Waals surface area contributed by atoms with E-state index >= 15 is 0 Å². The zero-order valence-corrected chi connectivity index (χ0v) is 12.2. The van der Waals surface area contributed by atoms with Crippen molar-refractivity contribution in [3.63, 3.8) is 0 Å². The average Bonchev–Trinajstić information content (AvgIpc) is 2.47. The number of aliphatic hydroxyl groups excluding tert-OH is 1. The number of morpholine rings is 1. The maximum absolute atomic E-state index is 12.7. The van der Waals surface area contributed by atoms with E-state index < -0.39 is 16.1 Å². The third kappa shape index (κ3) is 2.81. The van der Waals surface area contributed by atoms with Crippen molar-refractivity contribution in [3.8, 4) is 0 Å². The Labute approximate surface area is 122 Å². The van der Waals surface area contributed by atoms with Crippen molar-refractivity contribution in [2.24, 2.45) is 5.73 Å². The molecular formula is C11H15N3O4S2. The summed E-state index contributed by atoms with van der Waals surface area (Å²) in [6.45, 7) is 0.276. The van der Waals surface area contributed by atoms with Crippen LogP contribution in [-0.2, 0) is 14.8 Å². The van der Waals surface area contributed by atoms with Crippen LogP contribution in [0.15, 0.2) is 23.2 Å². The van der Waals surface area contributed by atoms with Crippen LogP contribution in [0.25, 0.3) is 0 Å². The molecule has 0 saturated carbocycles. The highest BCUT2D eigenvalue weighted by Gasteiger charge is 2.35. The molecule has 20 heavy (non-hydrogen) atoms. The minimum absolute atomic E-state index is 0.0483. The SMILES string of the molecule is NC(=S)c1ncccc1S(=O)(=O)N1CCOCC1CO. The average molecular weight is 317 g/mol. The van der Waals surface area contributed by atoms with Crippen LogP contribution >= 0.6 is 12.2 Å². The highest BCUT2D eigenvalue weighted by molar-refractivity contribution is 7.89. The number of pyridine rings is 1. The maximum Gasteiger partial charge on any atom is 0.245 e. The van der Waals surface area contributed by atoms with Crippen LogP contribution in [0, 0.1) is 0 Å². The Morgan fingerprint density at radius 2 is 2.40 bits per heavy atom. The number of aromatic nitrogens is 1. The molecule has 9 heteroatoms. The number of nitrogens with two attached hydrogens (primary N) is 1. The van der Waals surface area contributed by atoms with Gasteiger partial charge in [0.2, 0.25) is 10.0 Å². The molecule has 110 valence electrons. The zero-order valence-electron chi connectivity index (χ0n) is 10.6. The van der Waals surface area contributed by atoms with Gasteiger partial charge in [0.1, 0.15) is 15.6 Å². The Bertz CT molecular complexity index is 605. The first-order chi connectivity index (χ1) is 9.48. The van der Waals surface area contributed by atoms with Crippen molar-refractivity contribution >= 4 is 27.2 Å². The van der Waals surface area contributed by atoms with E-state index in [2.05, 4.69) is 4.98 Å². The molecule has 3 N–H and O–H groups in total. The molecule has 0 bridgehead atoms. The molecule has 0 radical (unpaired) electrons. The lowest BCUT2D eigenvalue weighted by Crippen LogP contribution is -2.50. The molecule has 1 fully saturated rings. The predicted molar refractivity (Wildman–Crippen MR) is 75.7 cm³/mol. The van der Waals surface area contributed by atoms with Crippen molar-refractivity contribution in [1.82, 2.24) is 9.29 Å². The Hall–Kier alpha value is -1.13. The van der Waals surface area contributed by atoms with Gasteiger partial charge in [0, 0.05) is 12.7 Å². The van der Waals surface area contributed by atoms with Crippen LogP contribution in [0.3, 0.4) is 0 Å². The Morgan fingerprint density at radius 1 is 1.65 bits per heavy atom. The number of hydrogen-bond acceptors (Lipinski definition) is 6. The van der Waals surface area contributed by atoms with Crippen molar-refractivity contribution in [2.45, 2.75) is 10.9 Å². The largest absolute Gasteiger partial charge is 0.395 e. The van der Waals surface area contributed by atoms with Gasteiger partial charge in [0.05, 0.1) is 25.9 Å². The molecule has 1 aliphatic heterocycles. The number of hydrogen-bond donors (Lipinski definition) is 2. The zero-order chi connectivity index (χ0) is 14.8. The summed E-state index contributed by atoms with van der Waals surface area (Å²) in [7, 11) is -3.84. The highest BCUT2D eigenvalue weighted by Crippen LogP contribution is 2.22. The first kappa shape index (κ1) is 15.3. The van der Waals surface area contributed by atoms with Gasteiger partial charge >= 0.3 is 0 Å². The van der Waals surface area contributed by atoms with Crippen LogP contribution in [-0.4, -0.2) is 60.2 Å². The van der Waals surface area contributed by atoms with Gasteiger partial charge in [0.25, 0.3) is 0 Å². The molecule has 0 amide bonds. The lowest BCUT2D eigenvalue weighted by atomic mass is 10.3. The Kier molecular flexibility index (Phi) is 4.66. The van der Waals surface area contributed by atoms with E-state index in [1.54, 1.807) is 0 Å². The lowest BCUT2D eigenvalue weighted by molar-refractivity contribution is 0.0109. The van der Waals surface area contributed by atoms with Gasteiger partial charge in [-0.05, 0) is 12.1 Å². The van der Waals surface area contributed by atoms with E-state index in [1.165, 1.54) is 22.6 Å². The highest BCUT2D eigenvalue weighted by atomic mass is 32.2. The first-order valence-corrected chi connectivity index (χ1v) is 7.78. The molecule has 0 aromatic carbocycles. The molecule has 1 aromatic rings. The second-order valence-electron chi connectivity index (χ2n) is 4.24. The number of nitrogens with zero attached hydrogens (tertiary/aromatic N) is 2. The summed E-state index contributed by atoms with van der Waals surface area (Å²) in [6, 6.07) is 2.29. The van der Waals surface area contributed by atoms with E-state index in [9.17, 15) is 13.5 Å². The van der Waals surface area contributed by atoms with Gasteiger partial charge in [-0.25, -0.2) is 8.42 Å². The molecule has 0 spiro atoms. The van der Waals surface area contributed by atoms with Crippen molar-refractivity contribution < 1.29 is 18.3 Å². The standard InChI is InChI=1S/C11H15N3O4S2/c12-11(19)10-9(2-1-3-13-10)20(16,17)14-4-5-18-7-8(14)6-15/h1-3,8,15H,4-7H2,(H2,12,19). The molecule has 2 heterocycles. The number of ether oxygens (including phenoxy) is 1. The summed E-state index contributed by atoms with van der Waals surface area (Å²) < 4.78 is 31.8. The summed E-state index contributed by atoms with van der Waals surface area (Å²) in [4.78, 5) is 3.79. The fourth-order valence-corrected chi connectivity index (χ4v) is 3.98. The number of thiocarbonyl (C=S) groups is 1. The topological polar surface area (TPSA) is 106 Å². The molecule has 1 saturated heterocycles. The molecule has 7 nitrogen and oxygen atoms in total. The summed E-state index contributed by atoms with van der Waals surface area (Å²) in [5, 5.41) is 9.30. The van der Waals surface area contributed by atoms with Crippen molar-refractivity contribution in [3.05, 3.63) is 24.0 Å². The summed E-state index contributed by atoms with van der Waals surface area (Å²) in [5.74, 6) is 0. The minimum Gasteiger partial charge on any atom is -0.395 e. The van der Waals surface area contributed by atoms with E-state index in [-0.39, 0.29) is 41.9 Å². The van der Waals surface area contributed by atoms with Gasteiger partial charge in [0.15, 0.2) is 0 Å². The molecule has 2 rings (SSSR count). The van der Waals surface area contributed by atoms with E-state index in [4.69, 9.17) is 22.7 Å². The van der Waals surface area contributed by atoms with Crippen molar-refractivity contribution in [2.75, 3.05) is 26.4 Å². The molecule has 1 atom stereocenters. The first-order valence-electron chi connectivity index (χ1n) is 5.93. The van der Waals surface area contributed by atoms with Gasteiger partial charge in [-0.3, -0.25) is 4.98 Å². The number of sulfonamides is 1. The Morgan fingerprint density at radius 3 is 3.05 bits per heavy atom. The smallest absolute Gasteiger partial charge is 0.245 e. The quantitative estimate of drug-likeness (QED) is 0.693. The second kappa shape index (κ2) is 6.10. The molecule has 1 unspecified atom stereocenters. The second-order valence-corrected chi connectivity index (χ2v) is 6.54. The number of rotatable bonds is 4. The predicted octanol–water partition coefficient (Wildman–Crippen LogP) is -0.902. The molecule has 1 aromatic heterocycles. The summed E-state index contributed by atoms with van der Waals surface area (Å²) in [5.41, 5.74) is 5.58. The van der Waals surface area contributed by atoms with Crippen LogP contribution in [0.5, 0.6) is 0 Å². The molecule has 1 aliphatic rings. The molecular weight excluding hydrogens is 302 g/mol. The third-order valence-corrected chi connectivity index (χ3v) is 5.15. The normalized spacial score (nSPS) is 20.8. The monoisotopic (exact) mass is 317 g/mol. The van der Waals surface area contributed by atoms with Gasteiger partial charge in [-0.1, -0.05) is 12.2 Å². The Balaban J connectivity index is 2.47. The third-order valence-electron chi connectivity index (χ3n) is 2.97. The van der Waals surface area contributed by atoms with Crippen LogP contribution in [0.1, 0.15) is 5.69 Å². The van der Waals surface area contributed by atoms with Crippen LogP contribution in [0.2, 0.25) is 0 Å². The van der Waals surface area contributed by atoms with E-state index in [0.29, 0.717) is 0 Å². The minimum atomic E-state index is -3.84. The van der Waals surface area contributed by atoms with Crippen molar-refractivity contribution in [1.29, 1.82) is 0 Å². The maximum atomic E-state index is 12.7. The van der Waals surface area contributed by atoms with Gasteiger partial charge in [-0.2, -0.15) is 4.31 Å². The summed E-state index contributed by atoms with van der Waals surface area (Å²) in [6.07, 6.45) is 1.43. The van der Waals surface area contributed by atoms with Gasteiger partial charge < -0.3 is 15.6 Å². The van der Waals surface area contributed by atoms with E-state index in [0.717, 1.165) is 0 Å². The summed E-state index contributed by atoms with van der Waals surface area (Å²) >= 11 is 4.84. The van der Waals surface area contributed by atoms with Crippen LogP contribution in [0.4, 0.5) is 0 Å². The van der Waals surface area contributed by atoms with Crippen LogP contribution < -0.4 is 5.73 Å². The van der Waals surface area contributed by atoms with Gasteiger partial charge in [-0.15, -0.1) is 0 Å². The fourth-order valence-electron chi connectivity index (χ4n) is 2.01. The number of aliphatic hydroxyl groups is 1. The molecule has 0 aliphatic carbocycles.